The van der Waals surface area contributed by atoms with Crippen LogP contribution in [0.15, 0.2) is 72.9 Å². The lowest BCUT2D eigenvalue weighted by atomic mass is 10.1. The second-order valence-corrected chi connectivity index (χ2v) is 15.4. The number of carbonyl (C=O) groups is 3. The highest BCUT2D eigenvalue weighted by Crippen LogP contribution is 2.14. The van der Waals surface area contributed by atoms with Gasteiger partial charge in [0.2, 0.25) is 0 Å². The van der Waals surface area contributed by atoms with Crippen LogP contribution in [-0.2, 0) is 28.6 Å². The Hall–Kier alpha value is -3.15. The van der Waals surface area contributed by atoms with E-state index in [1.54, 1.807) is 0 Å². The van der Waals surface area contributed by atoms with Gasteiger partial charge in [0.1, 0.15) is 13.2 Å². The van der Waals surface area contributed by atoms with Crippen molar-refractivity contribution in [3.05, 3.63) is 72.9 Å². The molecule has 0 heterocycles. The van der Waals surface area contributed by atoms with Gasteiger partial charge in [-0.15, -0.1) is 0 Å². The maximum absolute atomic E-state index is 12.7. The first-order valence-electron chi connectivity index (χ1n) is 23.5. The van der Waals surface area contributed by atoms with E-state index in [0.29, 0.717) is 19.3 Å². The molecular formula is C51H86O6. The monoisotopic (exact) mass is 795 g/mol. The Morgan fingerprint density at radius 2 is 0.702 bits per heavy atom. The quantitative estimate of drug-likeness (QED) is 0.0202. The Morgan fingerprint density at radius 1 is 0.368 bits per heavy atom. The van der Waals surface area contributed by atoms with E-state index in [9.17, 15) is 14.4 Å². The Bertz CT molecular complexity index is 1100. The Balaban J connectivity index is 4.49. The average molecular weight is 795 g/mol. The van der Waals surface area contributed by atoms with E-state index < -0.39 is 6.10 Å². The van der Waals surface area contributed by atoms with Gasteiger partial charge in [0.05, 0.1) is 0 Å². The summed E-state index contributed by atoms with van der Waals surface area (Å²) in [7, 11) is 0. The van der Waals surface area contributed by atoms with Gasteiger partial charge in [-0.1, -0.05) is 203 Å². The number of esters is 3. The Morgan fingerprint density at radius 3 is 1.14 bits per heavy atom. The third kappa shape index (κ3) is 43.8. The molecule has 0 aromatic rings. The molecule has 0 saturated carbocycles. The van der Waals surface area contributed by atoms with Crippen LogP contribution in [0.1, 0.15) is 213 Å². The fraction of sp³-hybridized carbons (Fsp3) is 0.706. The second-order valence-electron chi connectivity index (χ2n) is 15.4. The third-order valence-corrected chi connectivity index (χ3v) is 9.82. The lowest BCUT2D eigenvalue weighted by molar-refractivity contribution is -0.167. The van der Waals surface area contributed by atoms with Gasteiger partial charge in [-0.2, -0.15) is 0 Å². The molecule has 0 aromatic carbocycles. The summed E-state index contributed by atoms with van der Waals surface area (Å²) in [6.45, 7) is 6.41. The maximum Gasteiger partial charge on any atom is 0.306 e. The average Bonchev–Trinajstić information content (AvgIpc) is 3.21. The zero-order chi connectivity index (χ0) is 41.5. The van der Waals surface area contributed by atoms with Crippen LogP contribution in [0.5, 0.6) is 0 Å². The van der Waals surface area contributed by atoms with Gasteiger partial charge in [-0.3, -0.25) is 14.4 Å². The lowest BCUT2D eigenvalue weighted by Crippen LogP contribution is -2.30. The van der Waals surface area contributed by atoms with E-state index in [1.807, 2.05) is 48.6 Å². The van der Waals surface area contributed by atoms with Gasteiger partial charge in [0.25, 0.3) is 0 Å². The smallest absolute Gasteiger partial charge is 0.306 e. The first-order chi connectivity index (χ1) is 28.0. The molecular weight excluding hydrogens is 709 g/mol. The number of hydrogen-bond donors (Lipinski definition) is 0. The summed E-state index contributed by atoms with van der Waals surface area (Å²) >= 11 is 0. The molecule has 0 spiro atoms. The lowest BCUT2D eigenvalue weighted by Gasteiger charge is -2.18. The molecule has 0 radical (unpaired) electrons. The minimum atomic E-state index is -0.797. The summed E-state index contributed by atoms with van der Waals surface area (Å²) in [5, 5.41) is 0. The van der Waals surface area contributed by atoms with Crippen LogP contribution in [0.2, 0.25) is 0 Å². The highest BCUT2D eigenvalue weighted by atomic mass is 16.6. The van der Waals surface area contributed by atoms with Crippen LogP contribution in [0.25, 0.3) is 0 Å². The normalized spacial score (nSPS) is 12.7. The van der Waals surface area contributed by atoms with Crippen LogP contribution in [0, 0.1) is 0 Å². The molecule has 0 rings (SSSR count). The molecule has 0 amide bonds. The minimum Gasteiger partial charge on any atom is -0.462 e. The number of rotatable bonds is 41. The van der Waals surface area contributed by atoms with E-state index in [2.05, 4.69) is 45.1 Å². The second kappa shape index (κ2) is 45.6. The molecule has 0 aliphatic carbocycles. The number of ether oxygens (including phenoxy) is 3. The van der Waals surface area contributed by atoms with Crippen molar-refractivity contribution in [3.8, 4) is 0 Å². The van der Waals surface area contributed by atoms with E-state index >= 15 is 0 Å². The summed E-state index contributed by atoms with van der Waals surface area (Å²) < 4.78 is 16.7. The van der Waals surface area contributed by atoms with Crippen molar-refractivity contribution >= 4 is 17.9 Å². The Kier molecular flexibility index (Phi) is 43.0. The molecule has 0 aliphatic heterocycles. The van der Waals surface area contributed by atoms with Crippen molar-refractivity contribution in [1.82, 2.24) is 0 Å². The summed E-state index contributed by atoms with van der Waals surface area (Å²) in [5.74, 6) is -0.958. The molecule has 57 heavy (non-hydrogen) atoms. The van der Waals surface area contributed by atoms with Crippen molar-refractivity contribution < 1.29 is 28.6 Å². The predicted molar refractivity (Wildman–Crippen MR) is 242 cm³/mol. The van der Waals surface area contributed by atoms with Crippen molar-refractivity contribution in [3.63, 3.8) is 0 Å². The highest BCUT2D eigenvalue weighted by Gasteiger charge is 2.19. The summed E-state index contributed by atoms with van der Waals surface area (Å²) in [6, 6.07) is 0. The summed E-state index contributed by atoms with van der Waals surface area (Å²) in [5.41, 5.74) is 0. The van der Waals surface area contributed by atoms with Gasteiger partial charge >= 0.3 is 17.9 Å². The molecule has 0 aromatic heterocycles. The van der Waals surface area contributed by atoms with Crippen molar-refractivity contribution in [2.75, 3.05) is 13.2 Å². The molecule has 1 atom stereocenters. The van der Waals surface area contributed by atoms with Crippen LogP contribution < -0.4 is 0 Å². The van der Waals surface area contributed by atoms with E-state index in [0.717, 1.165) is 83.5 Å². The fourth-order valence-corrected chi connectivity index (χ4v) is 6.28. The fourth-order valence-electron chi connectivity index (χ4n) is 6.28. The first kappa shape index (κ1) is 53.9. The standard InChI is InChI=1S/C51H86O6/c1-4-7-10-13-16-19-22-24-25-27-29-32-35-38-41-44-50(53)56-47-48(46-55-49(52)43-40-37-34-31-28-21-18-15-12-9-6-3)57-51(54)45-42-39-36-33-30-26-23-20-17-14-11-8-5-2/h7,10,13,16,19,22,24-27,29-30,48H,4-6,8-9,11-12,14-15,17-18,20-21,23,28,31-47H2,1-3H3/b10-7-,16-13-,22-19-,25-24-,29-27-,30-26-. The van der Waals surface area contributed by atoms with Crippen molar-refractivity contribution in [2.24, 2.45) is 0 Å². The number of hydrogen-bond acceptors (Lipinski definition) is 6. The van der Waals surface area contributed by atoms with Crippen molar-refractivity contribution in [1.29, 1.82) is 0 Å². The summed E-state index contributed by atoms with van der Waals surface area (Å²) in [4.78, 5) is 37.8. The first-order valence-corrected chi connectivity index (χ1v) is 23.5. The molecule has 0 bridgehead atoms. The van der Waals surface area contributed by atoms with Gasteiger partial charge in [-0.05, 0) is 64.2 Å². The maximum atomic E-state index is 12.7. The molecule has 0 N–H and O–H groups in total. The van der Waals surface area contributed by atoms with Gasteiger partial charge in [0.15, 0.2) is 6.10 Å². The zero-order valence-corrected chi connectivity index (χ0v) is 37.1. The molecule has 6 heteroatoms. The van der Waals surface area contributed by atoms with E-state index in [-0.39, 0.29) is 31.1 Å². The Labute approximate surface area is 351 Å². The molecule has 326 valence electrons. The molecule has 6 nitrogen and oxygen atoms in total. The van der Waals surface area contributed by atoms with Gasteiger partial charge in [0, 0.05) is 19.3 Å². The highest BCUT2D eigenvalue weighted by molar-refractivity contribution is 5.71. The SMILES string of the molecule is CC\C=C/C=C\C=C/C=C\C=C/CCCCCC(=O)OCC(COC(=O)CCCCCCCCCCCCC)OC(=O)CCCCC/C=C\CCCCCCCC. The van der Waals surface area contributed by atoms with Crippen LogP contribution in [0.4, 0.5) is 0 Å². The number of allylic oxidation sites excluding steroid dienone is 12. The zero-order valence-electron chi connectivity index (χ0n) is 37.1. The van der Waals surface area contributed by atoms with Crippen LogP contribution in [0.3, 0.4) is 0 Å². The molecule has 0 fully saturated rings. The largest absolute Gasteiger partial charge is 0.462 e. The third-order valence-electron chi connectivity index (χ3n) is 9.82. The van der Waals surface area contributed by atoms with E-state index in [4.69, 9.17) is 14.2 Å². The van der Waals surface area contributed by atoms with Crippen molar-refractivity contribution in [2.45, 2.75) is 219 Å². The van der Waals surface area contributed by atoms with Gasteiger partial charge in [-0.25, -0.2) is 0 Å². The minimum absolute atomic E-state index is 0.0944. The number of unbranched alkanes of at least 4 members (excludes halogenated alkanes) is 22. The summed E-state index contributed by atoms with van der Waals surface area (Å²) in [6.07, 6.45) is 55.9. The molecule has 0 aliphatic rings. The van der Waals surface area contributed by atoms with Crippen LogP contribution >= 0.6 is 0 Å². The number of carbonyl (C=O) groups excluding carboxylic acids is 3. The molecule has 1 unspecified atom stereocenters. The van der Waals surface area contributed by atoms with E-state index in [1.165, 1.54) is 89.9 Å². The van der Waals surface area contributed by atoms with Gasteiger partial charge < -0.3 is 14.2 Å². The van der Waals surface area contributed by atoms with Crippen LogP contribution in [-0.4, -0.2) is 37.2 Å². The predicted octanol–water partition coefficient (Wildman–Crippen LogP) is 15.1. The topological polar surface area (TPSA) is 78.9 Å². The molecule has 0 saturated heterocycles.